The van der Waals surface area contributed by atoms with Crippen molar-refractivity contribution < 1.29 is 22.7 Å². The number of aryl methyl sites for hydroxylation is 1. The van der Waals surface area contributed by atoms with Crippen molar-refractivity contribution in [2.75, 3.05) is 20.3 Å². The van der Waals surface area contributed by atoms with Crippen molar-refractivity contribution in [3.8, 4) is 0 Å². The summed E-state index contributed by atoms with van der Waals surface area (Å²) in [5.74, 6) is -0.400. The van der Waals surface area contributed by atoms with E-state index in [1.165, 1.54) is 0 Å². The molecule has 0 unspecified atom stereocenters. The quantitative estimate of drug-likeness (QED) is 0.361. The number of nitrogens with one attached hydrogen (secondary N) is 2. The highest BCUT2D eigenvalue weighted by atomic mass is 35.5. The van der Waals surface area contributed by atoms with Gasteiger partial charge in [0.1, 0.15) is 6.04 Å². The fourth-order valence-electron chi connectivity index (χ4n) is 3.66. The monoisotopic (exact) mass is 535 g/mol. The number of rotatable bonds is 14. The summed E-state index contributed by atoms with van der Waals surface area (Å²) in [6, 6.07) is 13.1. The van der Waals surface area contributed by atoms with E-state index in [1.807, 2.05) is 12.1 Å². The highest BCUT2D eigenvalue weighted by Crippen LogP contribution is 2.22. The van der Waals surface area contributed by atoms with E-state index in [9.17, 15) is 18.0 Å². The maximum Gasteiger partial charge on any atom is 0.242 e. The molecule has 1 aliphatic rings. The van der Waals surface area contributed by atoms with Crippen LogP contribution in [-0.4, -0.2) is 57.5 Å². The summed E-state index contributed by atoms with van der Waals surface area (Å²) in [4.78, 5) is 27.8. The molecule has 2 N–H and O–H groups in total. The van der Waals surface area contributed by atoms with E-state index < -0.39 is 16.1 Å². The van der Waals surface area contributed by atoms with E-state index >= 15 is 0 Å². The van der Waals surface area contributed by atoms with E-state index in [-0.39, 0.29) is 35.7 Å². The molecule has 8 nitrogen and oxygen atoms in total. The number of halogens is 1. The molecule has 3 rings (SSSR count). The molecule has 0 aromatic heterocycles. The van der Waals surface area contributed by atoms with Gasteiger partial charge in [-0.3, -0.25) is 9.59 Å². The Morgan fingerprint density at radius 3 is 2.33 bits per heavy atom. The van der Waals surface area contributed by atoms with Crippen molar-refractivity contribution in [3.63, 3.8) is 0 Å². The molecule has 2 aromatic carbocycles. The van der Waals surface area contributed by atoms with Crippen LogP contribution in [0.15, 0.2) is 53.4 Å². The molecular formula is C26H34ClN3O5S. The zero-order valence-corrected chi connectivity index (χ0v) is 22.3. The number of carbonyl (C=O) groups excluding carboxylic acids is 2. The lowest BCUT2D eigenvalue weighted by Crippen LogP contribution is -2.48. The molecule has 2 amide bonds. The van der Waals surface area contributed by atoms with Crippen molar-refractivity contribution in [3.05, 3.63) is 64.7 Å². The van der Waals surface area contributed by atoms with Gasteiger partial charge in [0.2, 0.25) is 21.8 Å². The van der Waals surface area contributed by atoms with Gasteiger partial charge in [0.15, 0.2) is 0 Å². The molecule has 1 fully saturated rings. The Bertz CT molecular complexity index is 1120. The summed E-state index contributed by atoms with van der Waals surface area (Å²) in [5.41, 5.74) is 1.71. The van der Waals surface area contributed by atoms with Crippen molar-refractivity contribution in [2.24, 2.45) is 0 Å². The van der Waals surface area contributed by atoms with Crippen LogP contribution in [-0.2, 0) is 37.3 Å². The molecule has 1 atom stereocenters. The second-order valence-electron chi connectivity index (χ2n) is 9.00. The maximum absolute atomic E-state index is 13.3. The predicted molar refractivity (Wildman–Crippen MR) is 139 cm³/mol. The normalized spacial score (nSPS) is 14.3. The smallest absolute Gasteiger partial charge is 0.242 e. The lowest BCUT2D eigenvalue weighted by atomic mass is 10.1. The second kappa shape index (κ2) is 13.2. The molecule has 196 valence electrons. The fraction of sp³-hybridized carbons (Fsp3) is 0.462. The minimum atomic E-state index is -3.52. The van der Waals surface area contributed by atoms with Gasteiger partial charge in [0.05, 0.1) is 4.90 Å². The molecule has 10 heteroatoms. The van der Waals surface area contributed by atoms with Crippen LogP contribution in [0.4, 0.5) is 0 Å². The van der Waals surface area contributed by atoms with Crippen LogP contribution < -0.4 is 10.0 Å². The third kappa shape index (κ3) is 8.58. The average Bonchev–Trinajstić information content (AvgIpc) is 3.68. The van der Waals surface area contributed by atoms with E-state index in [0.717, 1.165) is 24.0 Å². The topological polar surface area (TPSA) is 105 Å². The molecular weight excluding hydrogens is 502 g/mol. The van der Waals surface area contributed by atoms with Gasteiger partial charge in [-0.2, -0.15) is 0 Å². The number of sulfonamides is 1. The van der Waals surface area contributed by atoms with Crippen LogP contribution in [0.2, 0.25) is 5.02 Å². The zero-order valence-electron chi connectivity index (χ0n) is 20.7. The van der Waals surface area contributed by atoms with Crippen LogP contribution in [0.3, 0.4) is 0 Å². The first-order valence-electron chi connectivity index (χ1n) is 12.1. The van der Waals surface area contributed by atoms with Crippen molar-refractivity contribution in [1.82, 2.24) is 14.9 Å². The van der Waals surface area contributed by atoms with Gasteiger partial charge in [-0.1, -0.05) is 35.9 Å². The van der Waals surface area contributed by atoms with Crippen LogP contribution in [0.25, 0.3) is 0 Å². The van der Waals surface area contributed by atoms with Crippen molar-refractivity contribution in [2.45, 2.75) is 62.6 Å². The number of hydrogen-bond acceptors (Lipinski definition) is 5. The van der Waals surface area contributed by atoms with Crippen LogP contribution in [0.5, 0.6) is 0 Å². The molecule has 0 aliphatic heterocycles. The van der Waals surface area contributed by atoms with E-state index in [4.69, 9.17) is 16.3 Å². The van der Waals surface area contributed by atoms with Crippen LogP contribution >= 0.6 is 11.6 Å². The number of amides is 2. The van der Waals surface area contributed by atoms with Gasteiger partial charge in [-0.15, -0.1) is 0 Å². The number of methoxy groups -OCH3 is 1. The first-order chi connectivity index (χ1) is 17.2. The Kier molecular flexibility index (Phi) is 10.3. The third-order valence-corrected chi connectivity index (χ3v) is 7.81. The summed E-state index contributed by atoms with van der Waals surface area (Å²) >= 11 is 5.99. The Hall–Kier alpha value is -2.46. The van der Waals surface area contributed by atoms with E-state index in [0.29, 0.717) is 31.0 Å². The van der Waals surface area contributed by atoms with Crippen molar-refractivity contribution in [1.29, 1.82) is 0 Å². The third-order valence-electron chi connectivity index (χ3n) is 6.02. The average molecular weight is 536 g/mol. The highest BCUT2D eigenvalue weighted by Gasteiger charge is 2.28. The molecule has 0 saturated heterocycles. The lowest BCUT2D eigenvalue weighted by Gasteiger charge is -2.29. The standard InChI is InChI=1S/C26H34ClN3O5S/c1-19(26(32)28-16-3-17-35-2)30(18-21-4-9-22(27)10-5-21)25(31)15-8-20-6-13-24(14-7-20)36(33,34)29-23-11-12-23/h4-7,9-10,13-14,19,23,29H,3,8,11-12,15-18H2,1-2H3,(H,28,32)/t19-/m0/s1. The largest absolute Gasteiger partial charge is 0.385 e. The van der Waals surface area contributed by atoms with E-state index in [1.54, 1.807) is 55.3 Å². The van der Waals surface area contributed by atoms with Gasteiger partial charge in [-0.05, 0) is 68.0 Å². The molecule has 36 heavy (non-hydrogen) atoms. The second-order valence-corrected chi connectivity index (χ2v) is 11.2. The number of ether oxygens (including phenoxy) is 1. The number of carbonyl (C=O) groups is 2. The van der Waals surface area contributed by atoms with Crippen molar-refractivity contribution >= 4 is 33.4 Å². The lowest BCUT2D eigenvalue weighted by molar-refractivity contribution is -0.140. The van der Waals surface area contributed by atoms with Gasteiger partial charge >= 0.3 is 0 Å². The van der Waals surface area contributed by atoms with Crippen LogP contribution in [0, 0.1) is 0 Å². The first kappa shape index (κ1) is 28.1. The summed E-state index contributed by atoms with van der Waals surface area (Å²) in [7, 11) is -1.91. The Balaban J connectivity index is 1.64. The van der Waals surface area contributed by atoms with Gasteiger partial charge in [0, 0.05) is 44.3 Å². The minimum Gasteiger partial charge on any atom is -0.385 e. The predicted octanol–water partition coefficient (Wildman–Crippen LogP) is 3.28. The highest BCUT2D eigenvalue weighted by molar-refractivity contribution is 7.89. The zero-order chi connectivity index (χ0) is 26.1. The SMILES string of the molecule is COCCCNC(=O)[C@H](C)N(Cc1ccc(Cl)cc1)C(=O)CCc1ccc(S(=O)(=O)NC2CC2)cc1. The minimum absolute atomic E-state index is 0.0399. The summed E-state index contributed by atoms with van der Waals surface area (Å²) in [6.07, 6.45) is 3.03. The molecule has 2 aromatic rings. The molecule has 0 bridgehead atoms. The Labute approximate surface area is 218 Å². The number of hydrogen-bond donors (Lipinski definition) is 2. The van der Waals surface area contributed by atoms with E-state index in [2.05, 4.69) is 10.0 Å². The summed E-state index contributed by atoms with van der Waals surface area (Å²) in [5, 5.41) is 3.46. The van der Waals surface area contributed by atoms with Gasteiger partial charge in [0.25, 0.3) is 0 Å². The molecule has 1 saturated carbocycles. The number of benzene rings is 2. The molecule has 0 spiro atoms. The Morgan fingerprint density at radius 2 is 1.72 bits per heavy atom. The maximum atomic E-state index is 13.3. The van der Waals surface area contributed by atoms with Crippen LogP contribution in [0.1, 0.15) is 43.7 Å². The first-order valence-corrected chi connectivity index (χ1v) is 14.0. The molecule has 0 heterocycles. The van der Waals surface area contributed by atoms with Gasteiger partial charge in [-0.25, -0.2) is 13.1 Å². The summed E-state index contributed by atoms with van der Waals surface area (Å²) < 4.78 is 32.4. The van der Waals surface area contributed by atoms with Gasteiger partial charge < -0.3 is 15.0 Å². The fourth-order valence-corrected chi connectivity index (χ4v) is 5.09. The number of nitrogens with zero attached hydrogens (tertiary/aromatic N) is 1. The Morgan fingerprint density at radius 1 is 1.08 bits per heavy atom. The molecule has 1 aliphatic carbocycles. The summed E-state index contributed by atoms with van der Waals surface area (Å²) in [6.45, 7) is 2.99. The molecule has 0 radical (unpaired) electrons.